The maximum absolute atomic E-state index is 13.5. The van der Waals surface area contributed by atoms with E-state index in [2.05, 4.69) is 0 Å². The Kier molecular flexibility index (Phi) is 6.89. The minimum absolute atomic E-state index is 0.109. The maximum Gasteiger partial charge on any atom is 0.295 e. The number of rotatable bonds is 6. The van der Waals surface area contributed by atoms with Crippen molar-refractivity contribution in [1.29, 1.82) is 0 Å². The molecule has 0 aromatic heterocycles. The molecule has 2 saturated heterocycles. The number of Topliss-reactive ketones (excluding diaryl/α,β-unsaturated/α-hetero) is 1. The van der Waals surface area contributed by atoms with E-state index in [1.807, 2.05) is 0 Å². The summed E-state index contributed by atoms with van der Waals surface area (Å²) in [6.45, 7) is 4.39. The van der Waals surface area contributed by atoms with Gasteiger partial charge in [0, 0.05) is 23.6 Å². The second kappa shape index (κ2) is 9.81. The largest absolute Gasteiger partial charge is 0.872 e. The number of ketones is 1. The van der Waals surface area contributed by atoms with Crippen LogP contribution in [0.3, 0.4) is 0 Å². The fourth-order valence-corrected chi connectivity index (χ4v) is 4.38. The summed E-state index contributed by atoms with van der Waals surface area (Å²) in [4.78, 5) is 28.7. The van der Waals surface area contributed by atoms with Gasteiger partial charge < -0.3 is 19.6 Å². The fourth-order valence-electron chi connectivity index (χ4n) is 4.26. The molecule has 6 nitrogen and oxygen atoms in total. The summed E-state index contributed by atoms with van der Waals surface area (Å²) in [6, 6.07) is 10.9. The van der Waals surface area contributed by atoms with Crippen LogP contribution in [0.5, 0.6) is 0 Å². The summed E-state index contributed by atoms with van der Waals surface area (Å²) in [5.74, 6) is -2.46. The molecule has 168 valence electrons. The Balaban J connectivity index is 1.66. The lowest BCUT2D eigenvalue weighted by Crippen LogP contribution is -3.14. The van der Waals surface area contributed by atoms with E-state index in [0.717, 1.165) is 19.6 Å². The fraction of sp³-hybridized carbons (Fsp3) is 0.333. The Morgan fingerprint density at radius 3 is 2.41 bits per heavy atom. The molecule has 1 unspecified atom stereocenters. The van der Waals surface area contributed by atoms with Gasteiger partial charge in [0.1, 0.15) is 18.9 Å². The van der Waals surface area contributed by atoms with Crippen molar-refractivity contribution in [2.24, 2.45) is 0 Å². The highest BCUT2D eigenvalue weighted by atomic mass is 35.5. The van der Waals surface area contributed by atoms with Crippen LogP contribution in [0.25, 0.3) is 5.76 Å². The Morgan fingerprint density at radius 2 is 1.75 bits per heavy atom. The zero-order valence-electron chi connectivity index (χ0n) is 17.5. The highest BCUT2D eigenvalue weighted by Gasteiger charge is 2.44. The zero-order chi connectivity index (χ0) is 22.7. The number of morpholine rings is 1. The number of hydrogen-bond donors (Lipinski definition) is 1. The molecule has 0 saturated carbocycles. The zero-order valence-corrected chi connectivity index (χ0v) is 18.2. The molecular formula is C24H24ClFN2O4. The first-order chi connectivity index (χ1) is 15.5. The number of amides is 1. The van der Waals surface area contributed by atoms with Gasteiger partial charge in [-0.3, -0.25) is 9.59 Å². The Bertz CT molecular complexity index is 1020. The van der Waals surface area contributed by atoms with Crippen LogP contribution in [0, 0.1) is 5.82 Å². The first-order valence-electron chi connectivity index (χ1n) is 10.6. The smallest absolute Gasteiger partial charge is 0.295 e. The first-order valence-corrected chi connectivity index (χ1v) is 11.0. The summed E-state index contributed by atoms with van der Waals surface area (Å²) in [5.41, 5.74) is 0.696. The van der Waals surface area contributed by atoms with Crippen molar-refractivity contribution in [3.8, 4) is 0 Å². The third-order valence-electron chi connectivity index (χ3n) is 5.95. The Morgan fingerprint density at radius 1 is 1.09 bits per heavy atom. The number of nitrogens with one attached hydrogen (secondary N) is 1. The van der Waals surface area contributed by atoms with Crippen LogP contribution in [0.4, 0.5) is 4.39 Å². The lowest BCUT2D eigenvalue weighted by Gasteiger charge is -2.29. The summed E-state index contributed by atoms with van der Waals surface area (Å²) >= 11 is 5.92. The molecule has 32 heavy (non-hydrogen) atoms. The Hall–Kier alpha value is -2.74. The van der Waals surface area contributed by atoms with Gasteiger partial charge in [-0.25, -0.2) is 4.39 Å². The lowest BCUT2D eigenvalue weighted by atomic mass is 9.95. The molecule has 2 fully saturated rings. The van der Waals surface area contributed by atoms with Crippen molar-refractivity contribution in [1.82, 2.24) is 4.90 Å². The van der Waals surface area contributed by atoms with Gasteiger partial charge in [0.05, 0.1) is 25.8 Å². The van der Waals surface area contributed by atoms with Gasteiger partial charge in [-0.2, -0.15) is 0 Å². The van der Waals surface area contributed by atoms with Crippen LogP contribution in [0.2, 0.25) is 5.02 Å². The van der Waals surface area contributed by atoms with Gasteiger partial charge in [0.15, 0.2) is 0 Å². The number of benzene rings is 2. The number of quaternary nitrogens is 1. The van der Waals surface area contributed by atoms with Gasteiger partial charge in [0.2, 0.25) is 5.78 Å². The van der Waals surface area contributed by atoms with Crippen molar-refractivity contribution in [3.63, 3.8) is 0 Å². The second-order valence-corrected chi connectivity index (χ2v) is 8.43. The van der Waals surface area contributed by atoms with E-state index in [9.17, 15) is 19.1 Å². The maximum atomic E-state index is 13.5. The van der Waals surface area contributed by atoms with Crippen LogP contribution in [0.15, 0.2) is 54.1 Å². The molecule has 8 heteroatoms. The molecule has 4 rings (SSSR count). The molecule has 0 spiro atoms. The SMILES string of the molecule is O=C1C(=O)N(CCC[NH+]2CCOCC2)C(c2ccc(F)cc2)C1=C([O-])c1ccc(Cl)cc1. The molecule has 2 aromatic rings. The number of carbonyl (C=O) groups excluding carboxylic acids is 2. The van der Waals surface area contributed by atoms with E-state index < -0.39 is 29.3 Å². The van der Waals surface area contributed by atoms with Crippen LogP contribution in [0.1, 0.15) is 23.6 Å². The van der Waals surface area contributed by atoms with E-state index in [1.54, 1.807) is 12.1 Å². The van der Waals surface area contributed by atoms with Crippen LogP contribution < -0.4 is 10.0 Å². The van der Waals surface area contributed by atoms with Crippen molar-refractivity contribution < 1.29 is 28.7 Å². The number of likely N-dealkylation sites (tertiary alicyclic amines) is 1. The minimum atomic E-state index is -0.849. The van der Waals surface area contributed by atoms with Crippen molar-refractivity contribution >= 4 is 29.1 Å². The topological polar surface area (TPSA) is 74.1 Å². The second-order valence-electron chi connectivity index (χ2n) is 8.00. The molecule has 2 aliphatic rings. The summed E-state index contributed by atoms with van der Waals surface area (Å²) in [5, 5.41) is 13.7. The van der Waals surface area contributed by atoms with Gasteiger partial charge in [0.25, 0.3) is 5.91 Å². The normalized spacial score (nSPS) is 21.3. The molecule has 0 radical (unpaired) electrons. The average molecular weight is 459 g/mol. The molecule has 2 aromatic carbocycles. The quantitative estimate of drug-likeness (QED) is 0.398. The Labute approximate surface area is 190 Å². The third-order valence-corrected chi connectivity index (χ3v) is 6.20. The van der Waals surface area contributed by atoms with E-state index in [0.29, 0.717) is 36.8 Å². The van der Waals surface area contributed by atoms with E-state index in [-0.39, 0.29) is 11.1 Å². The predicted octanol–water partition coefficient (Wildman–Crippen LogP) is 1.01. The number of halogens is 2. The van der Waals surface area contributed by atoms with Crippen LogP contribution in [-0.2, 0) is 14.3 Å². The number of hydrogen-bond acceptors (Lipinski definition) is 4. The minimum Gasteiger partial charge on any atom is -0.872 e. The van der Waals surface area contributed by atoms with Gasteiger partial charge in [-0.1, -0.05) is 41.6 Å². The van der Waals surface area contributed by atoms with Crippen molar-refractivity contribution in [2.45, 2.75) is 12.5 Å². The summed E-state index contributed by atoms with van der Waals surface area (Å²) in [7, 11) is 0. The first kappa shape index (κ1) is 22.5. The number of ether oxygens (including phenoxy) is 1. The van der Waals surface area contributed by atoms with E-state index in [1.165, 1.54) is 46.2 Å². The molecule has 2 heterocycles. The molecule has 1 atom stereocenters. The third kappa shape index (κ3) is 4.70. The molecular weight excluding hydrogens is 435 g/mol. The predicted molar refractivity (Wildman–Crippen MR) is 115 cm³/mol. The molecule has 1 amide bonds. The van der Waals surface area contributed by atoms with Crippen LogP contribution in [-0.4, -0.2) is 56.0 Å². The molecule has 0 bridgehead atoms. The van der Waals surface area contributed by atoms with E-state index in [4.69, 9.17) is 16.3 Å². The van der Waals surface area contributed by atoms with Gasteiger partial charge in [-0.05, 0) is 35.4 Å². The van der Waals surface area contributed by atoms with Crippen molar-refractivity contribution in [2.75, 3.05) is 39.4 Å². The van der Waals surface area contributed by atoms with Gasteiger partial charge >= 0.3 is 0 Å². The monoisotopic (exact) mass is 458 g/mol. The average Bonchev–Trinajstić information content (AvgIpc) is 3.05. The van der Waals surface area contributed by atoms with Crippen LogP contribution >= 0.6 is 11.6 Å². The highest BCUT2D eigenvalue weighted by molar-refractivity contribution is 6.46. The van der Waals surface area contributed by atoms with Crippen molar-refractivity contribution in [3.05, 3.63) is 76.1 Å². The van der Waals surface area contributed by atoms with Gasteiger partial charge in [-0.15, -0.1) is 0 Å². The lowest BCUT2D eigenvalue weighted by molar-refractivity contribution is -0.908. The number of nitrogens with zero attached hydrogens (tertiary/aromatic N) is 1. The standard InChI is InChI=1S/C24H24ClFN2O4/c25-18-6-2-17(3-7-18)22(29)20-21(16-4-8-19(26)9-5-16)28(24(31)23(20)30)11-1-10-27-12-14-32-15-13-27/h2-9,21,29H,1,10-15H2. The summed E-state index contributed by atoms with van der Waals surface area (Å²) < 4.78 is 18.9. The van der Waals surface area contributed by atoms with E-state index >= 15 is 0 Å². The summed E-state index contributed by atoms with van der Waals surface area (Å²) in [6.07, 6.45) is 0.675. The molecule has 1 N–H and O–H groups in total. The molecule has 2 aliphatic heterocycles. The molecule has 0 aliphatic carbocycles. The highest BCUT2D eigenvalue weighted by Crippen LogP contribution is 2.38. The number of carbonyl (C=O) groups is 2.